The van der Waals surface area contributed by atoms with Gasteiger partial charge in [0, 0.05) is 5.69 Å². The number of amides is 2. The van der Waals surface area contributed by atoms with Gasteiger partial charge in [0.05, 0.1) is 25.5 Å². The fourth-order valence-electron chi connectivity index (χ4n) is 2.67. The normalized spacial score (nSPS) is 13.7. The lowest BCUT2D eigenvalue weighted by Gasteiger charge is -2.37. The summed E-state index contributed by atoms with van der Waals surface area (Å²) >= 11 is 5.22. The zero-order chi connectivity index (χ0) is 21.8. The molecule has 0 spiro atoms. The second-order valence-corrected chi connectivity index (χ2v) is 6.35. The third-order valence-corrected chi connectivity index (χ3v) is 4.38. The van der Waals surface area contributed by atoms with Crippen LogP contribution in [0.3, 0.4) is 0 Å². The molecular formula is C19H14FN5O4S. The van der Waals surface area contributed by atoms with Crippen LogP contribution in [0.2, 0.25) is 0 Å². The van der Waals surface area contributed by atoms with E-state index in [0.717, 1.165) is 12.1 Å². The number of aliphatic hydroxyl groups is 1. The number of benzene rings is 1. The first kappa shape index (κ1) is 20.7. The maximum absolute atomic E-state index is 13.1. The zero-order valence-corrected chi connectivity index (χ0v) is 16.3. The maximum Gasteiger partial charge on any atom is 0.436 e. The molecular weight excluding hydrogens is 413 g/mol. The van der Waals surface area contributed by atoms with Crippen LogP contribution in [0.5, 0.6) is 0 Å². The number of carbonyl (C=O) groups excluding carboxylic acids is 2. The van der Waals surface area contributed by atoms with Gasteiger partial charge < -0.3 is 15.2 Å². The van der Waals surface area contributed by atoms with Gasteiger partial charge in [-0.25, -0.2) is 14.2 Å². The number of hydrogen-bond acceptors (Lipinski definition) is 8. The van der Waals surface area contributed by atoms with Crippen molar-refractivity contribution in [2.24, 2.45) is 0 Å². The summed E-state index contributed by atoms with van der Waals surface area (Å²) in [4.78, 5) is 29.1. The van der Waals surface area contributed by atoms with E-state index in [1.807, 2.05) is 6.07 Å². The Bertz CT molecular complexity index is 1080. The molecule has 152 valence electrons. The summed E-state index contributed by atoms with van der Waals surface area (Å²) in [5, 5.41) is 23.9. The first-order valence-corrected chi connectivity index (χ1v) is 8.81. The quantitative estimate of drug-likeness (QED) is 0.713. The third-order valence-electron chi connectivity index (χ3n) is 4.07. The number of halogens is 1. The molecule has 3 rings (SSSR count). The number of pyridine rings is 1. The minimum Gasteiger partial charge on any atom is -0.509 e. The molecule has 0 saturated heterocycles. The fourth-order valence-corrected chi connectivity index (χ4v) is 2.99. The minimum absolute atomic E-state index is 0.136. The topological polar surface area (TPSA) is 119 Å². The highest BCUT2D eigenvalue weighted by molar-refractivity contribution is 7.81. The Morgan fingerprint density at radius 3 is 2.60 bits per heavy atom. The van der Waals surface area contributed by atoms with Crippen molar-refractivity contribution in [2.75, 3.05) is 24.0 Å². The van der Waals surface area contributed by atoms with Crippen LogP contribution in [0.1, 0.15) is 5.69 Å². The summed E-state index contributed by atoms with van der Waals surface area (Å²) in [5.41, 5.74) is 0.475. The number of nitrogens with one attached hydrogen (secondary N) is 1. The molecule has 0 unspecified atom stereocenters. The van der Waals surface area contributed by atoms with Gasteiger partial charge in [0.25, 0.3) is 5.91 Å². The van der Waals surface area contributed by atoms with Crippen LogP contribution in [-0.4, -0.2) is 45.7 Å². The third kappa shape index (κ3) is 4.03. The average Bonchev–Trinajstić information content (AvgIpc) is 2.74. The summed E-state index contributed by atoms with van der Waals surface area (Å²) in [5.74, 6) is -1.79. The minimum atomic E-state index is -1.01. The molecule has 0 bridgehead atoms. The average molecular weight is 427 g/mol. The molecule has 2 aromatic rings. The van der Waals surface area contributed by atoms with Crippen molar-refractivity contribution in [3.05, 3.63) is 65.4 Å². The van der Waals surface area contributed by atoms with Crippen LogP contribution >= 0.6 is 12.2 Å². The van der Waals surface area contributed by atoms with Crippen LogP contribution < -0.4 is 10.3 Å². The smallest absolute Gasteiger partial charge is 0.436 e. The molecule has 11 heteroatoms. The predicted octanol–water partition coefficient (Wildman–Crippen LogP) is 2.67. The van der Waals surface area contributed by atoms with Crippen molar-refractivity contribution in [3.63, 3.8) is 0 Å². The van der Waals surface area contributed by atoms with E-state index >= 15 is 0 Å². The van der Waals surface area contributed by atoms with Gasteiger partial charge in [0.1, 0.15) is 33.9 Å². The number of carbonyl (C=O) groups is 2. The van der Waals surface area contributed by atoms with Crippen LogP contribution in [-0.2, 0) is 9.53 Å². The molecule has 2 amide bonds. The fraction of sp³-hybridized carbons (Fsp3) is 0.105. The maximum atomic E-state index is 13.1. The van der Waals surface area contributed by atoms with Gasteiger partial charge in [0.2, 0.25) is 0 Å². The molecule has 0 fully saturated rings. The number of hydrazine groups is 1. The van der Waals surface area contributed by atoms with Crippen LogP contribution in [0.4, 0.5) is 20.6 Å². The van der Waals surface area contributed by atoms with E-state index in [1.165, 1.54) is 42.6 Å². The summed E-state index contributed by atoms with van der Waals surface area (Å²) in [6, 6.07) is 9.91. The number of thiocarbonyl (C=S) groups is 1. The molecule has 1 aliphatic heterocycles. The standard InChI is InChI=1S/C19H14FN5O4S/c1-29-19(28)25-18(27)16(17(30)23-12-4-2-11(20)3-5-12)15(26)10-24(25)14-7-6-13(8-21)22-9-14/h2-7,9,26H,10H2,1H3,(H,23,30). The Morgan fingerprint density at radius 1 is 1.33 bits per heavy atom. The Labute approximate surface area is 175 Å². The molecule has 0 radical (unpaired) electrons. The van der Waals surface area contributed by atoms with Gasteiger partial charge in [-0.1, -0.05) is 12.2 Å². The van der Waals surface area contributed by atoms with E-state index in [9.17, 15) is 19.1 Å². The van der Waals surface area contributed by atoms with Crippen molar-refractivity contribution in [1.29, 1.82) is 5.26 Å². The second kappa shape index (κ2) is 8.54. The zero-order valence-electron chi connectivity index (χ0n) is 15.5. The predicted molar refractivity (Wildman–Crippen MR) is 108 cm³/mol. The van der Waals surface area contributed by atoms with E-state index in [4.69, 9.17) is 22.2 Å². The van der Waals surface area contributed by atoms with Crippen molar-refractivity contribution >= 4 is 40.6 Å². The van der Waals surface area contributed by atoms with Crippen molar-refractivity contribution in [2.45, 2.75) is 0 Å². The molecule has 0 saturated carbocycles. The first-order valence-electron chi connectivity index (χ1n) is 8.40. The van der Waals surface area contributed by atoms with Gasteiger partial charge in [-0.2, -0.15) is 5.26 Å². The van der Waals surface area contributed by atoms with Crippen molar-refractivity contribution in [1.82, 2.24) is 9.99 Å². The van der Waals surface area contributed by atoms with Crippen LogP contribution in [0, 0.1) is 17.1 Å². The van der Waals surface area contributed by atoms with Gasteiger partial charge in [-0.3, -0.25) is 9.80 Å². The van der Waals surface area contributed by atoms with Gasteiger partial charge in [0.15, 0.2) is 0 Å². The van der Waals surface area contributed by atoms with Gasteiger partial charge in [-0.15, -0.1) is 5.01 Å². The number of nitrogens with zero attached hydrogens (tertiary/aromatic N) is 4. The number of nitriles is 1. The Balaban J connectivity index is 1.96. The largest absolute Gasteiger partial charge is 0.509 e. The summed E-state index contributed by atoms with van der Waals surface area (Å²) in [6.07, 6.45) is 0.258. The molecule has 0 aliphatic carbocycles. The first-order chi connectivity index (χ1) is 14.3. The van der Waals surface area contributed by atoms with Crippen LogP contribution in [0.25, 0.3) is 0 Å². The highest BCUT2D eigenvalue weighted by Gasteiger charge is 2.40. The van der Waals surface area contributed by atoms with E-state index in [-0.39, 0.29) is 28.5 Å². The molecule has 2 heterocycles. The molecule has 9 nitrogen and oxygen atoms in total. The Kier molecular flexibility index (Phi) is 5.89. The van der Waals surface area contributed by atoms with Crippen molar-refractivity contribution in [3.8, 4) is 6.07 Å². The molecule has 2 N–H and O–H groups in total. The van der Waals surface area contributed by atoms with Gasteiger partial charge in [-0.05, 0) is 36.4 Å². The molecule has 30 heavy (non-hydrogen) atoms. The molecule has 1 aromatic carbocycles. The number of hydrogen-bond donors (Lipinski definition) is 2. The lowest BCUT2D eigenvalue weighted by Crippen LogP contribution is -2.56. The van der Waals surface area contributed by atoms with E-state index in [1.54, 1.807) is 0 Å². The Hall–Kier alpha value is -4.04. The van der Waals surface area contributed by atoms with E-state index < -0.39 is 23.6 Å². The van der Waals surface area contributed by atoms with Crippen molar-refractivity contribution < 1.29 is 23.8 Å². The molecule has 0 atom stereocenters. The number of aromatic nitrogens is 1. The second-order valence-electron chi connectivity index (χ2n) is 5.94. The summed E-state index contributed by atoms with van der Waals surface area (Å²) in [7, 11) is 1.09. The summed E-state index contributed by atoms with van der Waals surface area (Å²) < 4.78 is 17.8. The number of aliphatic hydroxyl groups excluding tert-OH is 1. The number of rotatable bonds is 3. The lowest BCUT2D eigenvalue weighted by atomic mass is 10.1. The molecule has 1 aliphatic rings. The number of ether oxygens (including phenoxy) is 1. The van der Waals surface area contributed by atoms with Crippen LogP contribution in [0.15, 0.2) is 53.9 Å². The molecule has 1 aromatic heterocycles. The SMILES string of the molecule is COC(=O)N1C(=O)C(C(=S)Nc2ccc(F)cc2)=C(O)CN1c1ccc(C#N)nc1. The number of imide groups is 1. The lowest BCUT2D eigenvalue weighted by molar-refractivity contribution is -0.126. The number of anilines is 2. The highest BCUT2D eigenvalue weighted by atomic mass is 32.1. The van der Waals surface area contributed by atoms with Gasteiger partial charge >= 0.3 is 6.09 Å². The van der Waals surface area contributed by atoms with E-state index in [2.05, 4.69) is 10.3 Å². The monoisotopic (exact) mass is 427 g/mol. The summed E-state index contributed by atoms with van der Waals surface area (Å²) in [6.45, 7) is -0.297. The van der Waals surface area contributed by atoms with E-state index in [0.29, 0.717) is 10.7 Å². The number of methoxy groups -OCH3 is 1. The Morgan fingerprint density at radius 2 is 2.03 bits per heavy atom. The highest BCUT2D eigenvalue weighted by Crippen LogP contribution is 2.26.